The Morgan fingerprint density at radius 2 is 1.77 bits per heavy atom. The number of fused-ring (bicyclic) bond motifs is 1. The maximum Gasteiger partial charge on any atom is 0.387 e. The quantitative estimate of drug-likeness (QED) is 0.336. The molecule has 1 aromatic heterocycles. The highest BCUT2D eigenvalue weighted by molar-refractivity contribution is 6.00. The van der Waals surface area contributed by atoms with Gasteiger partial charge in [0.25, 0.3) is 11.5 Å². The first-order valence-corrected chi connectivity index (χ1v) is 14.1. The lowest BCUT2D eigenvalue weighted by molar-refractivity contribution is -0.120. The third-order valence-electron chi connectivity index (χ3n) is 8.30. The number of carbonyl (C=O) groups is 2. The number of alkyl halides is 2. The highest BCUT2D eigenvalue weighted by atomic mass is 19.3. The van der Waals surface area contributed by atoms with E-state index < -0.39 is 47.5 Å². The molecule has 2 aromatic carbocycles. The predicted octanol–water partition coefficient (Wildman–Crippen LogP) is 3.70. The Kier molecular flexibility index (Phi) is 8.95. The van der Waals surface area contributed by atoms with Crippen molar-refractivity contribution in [3.8, 4) is 11.5 Å². The van der Waals surface area contributed by atoms with Crippen LogP contribution in [0.25, 0.3) is 0 Å². The van der Waals surface area contributed by atoms with Gasteiger partial charge in [-0.2, -0.15) is 8.78 Å². The Bertz CT molecular complexity index is 1620. The molecular weight excluding hydrogens is 586 g/mol. The minimum absolute atomic E-state index is 0.0300. The first kappa shape index (κ1) is 31.0. The normalized spacial score (nSPS) is 17.7. The van der Waals surface area contributed by atoms with E-state index in [0.717, 1.165) is 29.8 Å². The molecule has 2 aliphatic rings. The summed E-state index contributed by atoms with van der Waals surface area (Å²) in [7, 11) is 1.26. The van der Waals surface area contributed by atoms with Gasteiger partial charge < -0.3 is 29.4 Å². The van der Waals surface area contributed by atoms with Crippen LogP contribution in [0.4, 0.5) is 23.2 Å². The summed E-state index contributed by atoms with van der Waals surface area (Å²) in [6.45, 7) is -2.15. The Labute approximate surface area is 250 Å². The second kappa shape index (κ2) is 12.7. The number of aliphatic hydroxyl groups is 1. The number of pyridine rings is 1. The van der Waals surface area contributed by atoms with Gasteiger partial charge in [-0.05, 0) is 61.6 Å². The molecule has 3 aromatic rings. The van der Waals surface area contributed by atoms with E-state index in [1.54, 1.807) is 6.92 Å². The zero-order valence-electron chi connectivity index (χ0n) is 24.0. The molecule has 1 saturated heterocycles. The third kappa shape index (κ3) is 5.75. The molecule has 2 heterocycles. The largest absolute Gasteiger partial charge is 0.497 e. The number of hydrogen-bond donors (Lipinski definition) is 2. The van der Waals surface area contributed by atoms with E-state index >= 15 is 8.78 Å². The van der Waals surface area contributed by atoms with Crippen molar-refractivity contribution in [2.75, 3.05) is 31.7 Å². The maximum atomic E-state index is 15.4. The van der Waals surface area contributed by atoms with Crippen LogP contribution in [0.3, 0.4) is 0 Å². The van der Waals surface area contributed by atoms with Gasteiger partial charge in [0.1, 0.15) is 28.8 Å². The molecular formula is C31H31F4N3O6. The minimum atomic E-state index is -3.04. The lowest BCUT2D eigenvalue weighted by Gasteiger charge is -2.23. The van der Waals surface area contributed by atoms with Gasteiger partial charge >= 0.3 is 6.61 Å². The smallest absolute Gasteiger partial charge is 0.387 e. The van der Waals surface area contributed by atoms with Gasteiger partial charge in [0.15, 0.2) is 0 Å². The Morgan fingerprint density at radius 3 is 2.39 bits per heavy atom. The standard InChI is InChI=1S/C31H31F4N3O6/c1-16-20-4-3-5-25(20)37(10-11-39)30(42)27(16)38-15-22(26-23(32)12-19(43-2)13-24(26)33)21(29(38)41)14-36-28(40)17-6-8-18(9-7-17)44-31(34)35/h6-9,12-13,21-22,31,39H,3-5,10-11,14-15H2,1-2H3,(H,36,40)/t21?,22-/m1/s1. The van der Waals surface area contributed by atoms with E-state index in [1.807, 2.05) is 0 Å². The van der Waals surface area contributed by atoms with Crippen LogP contribution >= 0.6 is 0 Å². The monoisotopic (exact) mass is 617 g/mol. The fourth-order valence-electron chi connectivity index (χ4n) is 6.27. The van der Waals surface area contributed by atoms with Crippen LogP contribution in [-0.4, -0.2) is 54.9 Å². The number of benzene rings is 2. The summed E-state index contributed by atoms with van der Waals surface area (Å²) in [5.74, 6) is -5.65. The molecule has 1 aliphatic carbocycles. The van der Waals surface area contributed by atoms with Crippen molar-refractivity contribution >= 4 is 17.5 Å². The van der Waals surface area contributed by atoms with E-state index in [9.17, 15) is 28.3 Å². The van der Waals surface area contributed by atoms with E-state index in [-0.39, 0.29) is 54.6 Å². The summed E-state index contributed by atoms with van der Waals surface area (Å²) in [5.41, 5.74) is 1.57. The summed E-state index contributed by atoms with van der Waals surface area (Å²) < 4.78 is 66.4. The van der Waals surface area contributed by atoms with Crippen molar-refractivity contribution in [2.24, 2.45) is 5.92 Å². The van der Waals surface area contributed by atoms with Crippen LogP contribution in [0.5, 0.6) is 11.5 Å². The third-order valence-corrected chi connectivity index (χ3v) is 8.30. The number of methoxy groups -OCH3 is 1. The molecule has 44 heavy (non-hydrogen) atoms. The van der Waals surface area contributed by atoms with Crippen LogP contribution < -0.4 is 25.2 Å². The molecule has 9 nitrogen and oxygen atoms in total. The molecule has 0 spiro atoms. The number of halogens is 4. The molecule has 234 valence electrons. The molecule has 0 bridgehead atoms. The number of amides is 2. The van der Waals surface area contributed by atoms with Gasteiger partial charge in [0, 0.05) is 54.5 Å². The second-order valence-corrected chi connectivity index (χ2v) is 10.7. The predicted molar refractivity (Wildman–Crippen MR) is 151 cm³/mol. The molecule has 0 radical (unpaired) electrons. The number of anilines is 1. The minimum Gasteiger partial charge on any atom is -0.497 e. The fraction of sp³-hybridized carbons (Fsp3) is 0.387. The van der Waals surface area contributed by atoms with Gasteiger partial charge in [0.2, 0.25) is 5.91 Å². The van der Waals surface area contributed by atoms with Crippen molar-refractivity contribution in [2.45, 2.75) is 45.3 Å². The summed E-state index contributed by atoms with van der Waals surface area (Å²) in [6, 6.07) is 6.88. The van der Waals surface area contributed by atoms with E-state index in [1.165, 1.54) is 40.8 Å². The number of rotatable bonds is 10. The van der Waals surface area contributed by atoms with Gasteiger partial charge in [-0.3, -0.25) is 14.4 Å². The zero-order valence-corrected chi connectivity index (χ0v) is 24.0. The van der Waals surface area contributed by atoms with Crippen molar-refractivity contribution in [1.82, 2.24) is 9.88 Å². The summed E-state index contributed by atoms with van der Waals surface area (Å²) in [4.78, 5) is 41.9. The van der Waals surface area contributed by atoms with Crippen molar-refractivity contribution < 1.29 is 41.7 Å². The van der Waals surface area contributed by atoms with Gasteiger partial charge in [0.05, 0.1) is 19.6 Å². The maximum absolute atomic E-state index is 15.4. The van der Waals surface area contributed by atoms with Gasteiger partial charge in [-0.1, -0.05) is 0 Å². The summed E-state index contributed by atoms with van der Waals surface area (Å²) in [5, 5.41) is 12.3. The summed E-state index contributed by atoms with van der Waals surface area (Å²) >= 11 is 0. The highest BCUT2D eigenvalue weighted by Gasteiger charge is 2.46. The molecule has 1 unspecified atom stereocenters. The van der Waals surface area contributed by atoms with Crippen LogP contribution in [0.15, 0.2) is 41.2 Å². The van der Waals surface area contributed by atoms with Crippen LogP contribution in [-0.2, 0) is 24.2 Å². The van der Waals surface area contributed by atoms with Crippen LogP contribution in [0, 0.1) is 24.5 Å². The number of ether oxygens (including phenoxy) is 2. The molecule has 2 amide bonds. The first-order valence-electron chi connectivity index (χ1n) is 14.1. The number of aliphatic hydroxyl groups excluding tert-OH is 1. The zero-order chi connectivity index (χ0) is 31.7. The SMILES string of the molecule is COc1cc(F)c([C@@H]2CN(c3c(C)c4c(n(CCO)c3=O)CCC4)C(=O)C2CNC(=O)c2ccc(OC(F)F)cc2)c(F)c1. The molecule has 1 fully saturated rings. The topological polar surface area (TPSA) is 110 Å². The van der Waals surface area contributed by atoms with Crippen molar-refractivity contribution in [1.29, 1.82) is 0 Å². The average molecular weight is 618 g/mol. The second-order valence-electron chi connectivity index (χ2n) is 10.7. The Morgan fingerprint density at radius 1 is 1.09 bits per heavy atom. The number of carbonyl (C=O) groups excluding carboxylic acids is 2. The number of nitrogens with one attached hydrogen (secondary N) is 1. The van der Waals surface area contributed by atoms with Gasteiger partial charge in [-0.15, -0.1) is 0 Å². The first-order chi connectivity index (χ1) is 21.0. The van der Waals surface area contributed by atoms with Gasteiger partial charge in [-0.25, -0.2) is 8.78 Å². The molecule has 2 atom stereocenters. The van der Waals surface area contributed by atoms with Crippen molar-refractivity contribution in [3.63, 3.8) is 0 Å². The number of hydrogen-bond acceptors (Lipinski definition) is 6. The molecule has 1 aliphatic heterocycles. The Balaban J connectivity index is 1.51. The lowest BCUT2D eigenvalue weighted by atomic mass is 9.87. The average Bonchev–Trinajstić information content (AvgIpc) is 3.59. The molecule has 0 saturated carbocycles. The van der Waals surface area contributed by atoms with E-state index in [4.69, 9.17) is 4.74 Å². The van der Waals surface area contributed by atoms with E-state index in [0.29, 0.717) is 18.4 Å². The van der Waals surface area contributed by atoms with Crippen LogP contribution in [0.1, 0.15) is 45.1 Å². The van der Waals surface area contributed by atoms with Crippen molar-refractivity contribution in [3.05, 3.63) is 86.3 Å². The van der Waals surface area contributed by atoms with Crippen LogP contribution in [0.2, 0.25) is 0 Å². The lowest BCUT2D eigenvalue weighted by Crippen LogP contribution is -2.39. The number of aromatic nitrogens is 1. The molecule has 2 N–H and O–H groups in total. The van der Waals surface area contributed by atoms with E-state index in [2.05, 4.69) is 10.1 Å². The summed E-state index contributed by atoms with van der Waals surface area (Å²) in [6.07, 6.45) is 2.12. The Hall–Kier alpha value is -4.39. The highest BCUT2D eigenvalue weighted by Crippen LogP contribution is 2.41. The number of nitrogens with zero attached hydrogens (tertiary/aromatic N) is 2. The molecule has 5 rings (SSSR count). The fourth-order valence-corrected chi connectivity index (χ4v) is 6.27. The molecule has 13 heteroatoms.